The minimum atomic E-state index is -2.12. The molecule has 1 N–H and O–H groups in total. The Kier molecular flexibility index (Phi) is 7.07. The molecule has 0 aliphatic carbocycles. The number of nitrogens with zero attached hydrogens (tertiary/aromatic N) is 1. The molecule has 0 aliphatic rings. The van der Waals surface area contributed by atoms with Gasteiger partial charge in [-0.05, 0) is 0 Å². The van der Waals surface area contributed by atoms with Crippen molar-refractivity contribution < 1.29 is 4.74 Å². The summed E-state index contributed by atoms with van der Waals surface area (Å²) in [6, 6.07) is 18.4. The van der Waals surface area contributed by atoms with E-state index in [1.165, 1.54) is 14.5 Å². The molecular formula is C24H34N2OSiSn. The van der Waals surface area contributed by atoms with Crippen LogP contribution in [0.3, 0.4) is 0 Å². The Morgan fingerprint density at radius 2 is 1.79 bits per heavy atom. The molecule has 1 unspecified atom stereocenters. The molecule has 0 saturated carbocycles. The fourth-order valence-electron chi connectivity index (χ4n) is 3.21. The predicted molar refractivity (Wildman–Crippen MR) is 131 cm³/mol. The third kappa shape index (κ3) is 6.30. The Morgan fingerprint density at radius 1 is 1.07 bits per heavy atom. The quantitative estimate of drug-likeness (QED) is 0.364. The van der Waals surface area contributed by atoms with E-state index >= 15 is 0 Å². The predicted octanol–water partition coefficient (Wildman–Crippen LogP) is 6.22. The number of benzene rings is 2. The molecule has 0 bridgehead atoms. The Balaban J connectivity index is 1.91. The fraction of sp³-hybridized carbons (Fsp3) is 0.375. The molecule has 5 heteroatoms. The molecule has 0 radical (unpaired) electrons. The van der Waals surface area contributed by atoms with Crippen LogP contribution in [0.2, 0.25) is 40.5 Å². The number of rotatable bonds is 8. The molecule has 1 atom stereocenters. The van der Waals surface area contributed by atoms with E-state index in [1.54, 1.807) is 0 Å². The summed E-state index contributed by atoms with van der Waals surface area (Å²) < 4.78 is 7.88. The van der Waals surface area contributed by atoms with Gasteiger partial charge in [-0.2, -0.15) is 0 Å². The van der Waals surface area contributed by atoms with Crippen molar-refractivity contribution in [3.05, 3.63) is 65.9 Å². The van der Waals surface area contributed by atoms with E-state index in [1.807, 2.05) is 6.07 Å². The van der Waals surface area contributed by atoms with Crippen molar-refractivity contribution in [2.24, 2.45) is 0 Å². The van der Waals surface area contributed by atoms with Crippen LogP contribution in [0, 0.1) is 0 Å². The van der Waals surface area contributed by atoms with Gasteiger partial charge in [0, 0.05) is 0 Å². The van der Waals surface area contributed by atoms with Gasteiger partial charge in [0.1, 0.15) is 0 Å². The van der Waals surface area contributed by atoms with Crippen LogP contribution in [-0.2, 0) is 4.74 Å². The van der Waals surface area contributed by atoms with Crippen molar-refractivity contribution in [1.82, 2.24) is 10.2 Å². The van der Waals surface area contributed by atoms with Crippen LogP contribution < -0.4 is 3.58 Å². The van der Waals surface area contributed by atoms with E-state index in [-0.39, 0.29) is 6.10 Å². The molecule has 0 saturated heterocycles. The van der Waals surface area contributed by atoms with E-state index in [4.69, 9.17) is 4.74 Å². The topological polar surface area (TPSA) is 37.9 Å². The van der Waals surface area contributed by atoms with Crippen LogP contribution in [0.25, 0.3) is 17.0 Å². The van der Waals surface area contributed by atoms with Gasteiger partial charge in [-0.1, -0.05) is 0 Å². The van der Waals surface area contributed by atoms with Gasteiger partial charge in [-0.15, -0.1) is 0 Å². The molecule has 154 valence electrons. The van der Waals surface area contributed by atoms with Gasteiger partial charge in [0.25, 0.3) is 0 Å². The second-order valence-corrected chi connectivity index (χ2v) is 30.1. The SMILES string of the molecule is C[Si](C)(C)CCOC(C=Cc1ccccc1)c1[nH]nc2c[c]([Sn]([CH3])([CH3])[CH3])ccc12. The van der Waals surface area contributed by atoms with Crippen LogP contribution in [0.1, 0.15) is 17.4 Å². The summed E-state index contributed by atoms with van der Waals surface area (Å²) in [6.07, 6.45) is 4.18. The zero-order valence-corrected chi connectivity index (χ0v) is 22.5. The number of hydrogen-bond donors (Lipinski definition) is 1. The number of ether oxygens (including phenoxy) is 1. The molecule has 0 aliphatic heterocycles. The second-order valence-electron chi connectivity index (χ2n) is 9.99. The van der Waals surface area contributed by atoms with Crippen LogP contribution in [0.5, 0.6) is 0 Å². The van der Waals surface area contributed by atoms with Gasteiger partial charge in [0.2, 0.25) is 0 Å². The number of H-pyrrole nitrogens is 1. The average molecular weight is 513 g/mol. The third-order valence-corrected chi connectivity index (χ3v) is 12.7. The molecule has 0 fully saturated rings. The van der Waals surface area contributed by atoms with E-state index in [0.717, 1.165) is 23.9 Å². The van der Waals surface area contributed by atoms with Gasteiger partial charge < -0.3 is 0 Å². The van der Waals surface area contributed by atoms with Gasteiger partial charge in [-0.3, -0.25) is 0 Å². The summed E-state index contributed by atoms with van der Waals surface area (Å²) in [5.41, 5.74) is 3.29. The zero-order valence-electron chi connectivity index (χ0n) is 18.6. The summed E-state index contributed by atoms with van der Waals surface area (Å²) in [5, 5.41) is 9.08. The molecule has 0 spiro atoms. The first-order chi connectivity index (χ1) is 13.6. The molecule has 29 heavy (non-hydrogen) atoms. The monoisotopic (exact) mass is 514 g/mol. The molecule has 2 aromatic carbocycles. The zero-order chi connectivity index (χ0) is 21.1. The molecule has 3 aromatic rings. The fourth-order valence-corrected chi connectivity index (χ4v) is 7.23. The van der Waals surface area contributed by atoms with Crippen molar-refractivity contribution in [3.63, 3.8) is 0 Å². The van der Waals surface area contributed by atoms with Crippen LogP contribution >= 0.6 is 0 Å². The number of nitrogens with one attached hydrogen (secondary N) is 1. The summed E-state index contributed by atoms with van der Waals surface area (Å²) >= 11 is -2.12. The second kappa shape index (κ2) is 9.19. The number of aromatic amines is 1. The first-order valence-corrected chi connectivity index (χ1v) is 24.2. The van der Waals surface area contributed by atoms with Gasteiger partial charge in [0.05, 0.1) is 0 Å². The Labute approximate surface area is 180 Å². The Hall–Kier alpha value is -1.37. The summed E-state index contributed by atoms with van der Waals surface area (Å²) in [5.74, 6) is 0. The van der Waals surface area contributed by atoms with Crippen molar-refractivity contribution in [1.29, 1.82) is 0 Å². The van der Waals surface area contributed by atoms with Crippen LogP contribution in [0.4, 0.5) is 0 Å². The minimum absolute atomic E-state index is 0.124. The summed E-state index contributed by atoms with van der Waals surface area (Å²) in [7, 11) is -1.15. The first-order valence-electron chi connectivity index (χ1n) is 10.5. The van der Waals surface area contributed by atoms with E-state index in [2.05, 4.69) is 99.3 Å². The van der Waals surface area contributed by atoms with Crippen molar-refractivity contribution >= 4 is 47.0 Å². The average Bonchev–Trinajstić information content (AvgIpc) is 3.07. The number of aromatic nitrogens is 2. The molecule has 3 rings (SSSR count). The van der Waals surface area contributed by atoms with Gasteiger partial charge in [-0.25, -0.2) is 0 Å². The molecule has 1 heterocycles. The van der Waals surface area contributed by atoms with Crippen molar-refractivity contribution in [3.8, 4) is 0 Å². The molecular weight excluding hydrogens is 479 g/mol. The first kappa shape index (κ1) is 22.3. The van der Waals surface area contributed by atoms with E-state index in [0.29, 0.717) is 0 Å². The van der Waals surface area contributed by atoms with Gasteiger partial charge in [0.15, 0.2) is 0 Å². The molecule has 3 nitrogen and oxygen atoms in total. The standard InChI is InChI=1S/C21H25N2OSi.3CH3.Sn/c1-25(2,3)16-15-24-20(14-13-17-9-5-4-6-10-17)21-18-11-7-8-12-19(18)22-23-21;;;;/h4-7,9-14,20H,15-16H2,1-3H3,(H,22,23);3*1H3;. The maximum atomic E-state index is 6.38. The maximum absolute atomic E-state index is 6.38. The van der Waals surface area contributed by atoms with Crippen molar-refractivity contribution in [2.75, 3.05) is 6.61 Å². The van der Waals surface area contributed by atoms with Crippen molar-refractivity contribution in [2.45, 2.75) is 46.6 Å². The van der Waals surface area contributed by atoms with Crippen LogP contribution in [-0.4, -0.2) is 43.3 Å². The molecule has 1 aromatic heterocycles. The van der Waals surface area contributed by atoms with Gasteiger partial charge >= 0.3 is 181 Å². The number of fused-ring (bicyclic) bond motifs is 1. The van der Waals surface area contributed by atoms with E-state index < -0.39 is 26.5 Å². The number of hydrogen-bond acceptors (Lipinski definition) is 2. The van der Waals surface area contributed by atoms with E-state index in [9.17, 15) is 0 Å². The normalized spacial score (nSPS) is 14.0. The Bertz CT molecular complexity index is 968. The molecule has 0 amide bonds. The summed E-state index contributed by atoms with van der Waals surface area (Å²) in [6.45, 7) is 7.93. The van der Waals surface area contributed by atoms with Crippen LogP contribution in [0.15, 0.2) is 54.6 Å². The third-order valence-electron chi connectivity index (χ3n) is 5.15. The summed E-state index contributed by atoms with van der Waals surface area (Å²) in [4.78, 5) is 7.32. The Morgan fingerprint density at radius 3 is 2.45 bits per heavy atom.